The summed E-state index contributed by atoms with van der Waals surface area (Å²) in [5.41, 5.74) is 1.69. The van der Waals surface area contributed by atoms with Crippen molar-refractivity contribution >= 4 is 17.3 Å². The summed E-state index contributed by atoms with van der Waals surface area (Å²) in [6.45, 7) is 1.42. The van der Waals surface area contributed by atoms with Crippen LogP contribution in [-0.2, 0) is 0 Å². The summed E-state index contributed by atoms with van der Waals surface area (Å²) in [7, 11) is 0. The quantitative estimate of drug-likeness (QED) is 0.822. The molecule has 0 bridgehead atoms. The van der Waals surface area contributed by atoms with Gasteiger partial charge in [-0.2, -0.15) is 0 Å². The SMILES string of the molecule is OC(CCl)CNc1cc2c(cc1-n1ccnc1)OCCO2. The monoisotopic (exact) mass is 309 g/mol. The van der Waals surface area contributed by atoms with Crippen LogP contribution in [0, 0.1) is 0 Å². The number of aliphatic hydroxyl groups excluding tert-OH is 1. The molecule has 2 N–H and O–H groups in total. The zero-order valence-electron chi connectivity index (χ0n) is 11.3. The zero-order chi connectivity index (χ0) is 14.7. The number of imidazole rings is 1. The molecular weight excluding hydrogens is 294 g/mol. The number of benzene rings is 1. The standard InChI is InChI=1S/C14H16ClN3O3/c15-7-10(19)8-17-11-5-13-14(21-4-3-20-13)6-12(11)18-2-1-16-9-18/h1-2,5-6,9-10,17,19H,3-4,7-8H2. The molecule has 0 saturated carbocycles. The minimum atomic E-state index is -0.615. The van der Waals surface area contributed by atoms with Crippen LogP contribution >= 0.6 is 11.6 Å². The van der Waals surface area contributed by atoms with Crippen LogP contribution in [0.15, 0.2) is 30.9 Å². The number of aromatic nitrogens is 2. The van der Waals surface area contributed by atoms with Gasteiger partial charge in [0.05, 0.1) is 29.7 Å². The lowest BCUT2D eigenvalue weighted by Gasteiger charge is -2.22. The molecule has 0 aliphatic carbocycles. The Bertz CT molecular complexity index is 604. The lowest BCUT2D eigenvalue weighted by atomic mass is 10.2. The number of ether oxygens (including phenoxy) is 2. The van der Waals surface area contributed by atoms with E-state index in [1.165, 1.54) is 0 Å². The Morgan fingerprint density at radius 1 is 1.33 bits per heavy atom. The maximum atomic E-state index is 9.61. The summed E-state index contributed by atoms with van der Waals surface area (Å²) in [6, 6.07) is 3.76. The van der Waals surface area contributed by atoms with Crippen LogP contribution in [0.3, 0.4) is 0 Å². The van der Waals surface area contributed by atoms with Crippen LogP contribution in [-0.4, -0.2) is 46.4 Å². The maximum absolute atomic E-state index is 9.61. The van der Waals surface area contributed by atoms with Crippen molar-refractivity contribution in [2.24, 2.45) is 0 Å². The Hall–Kier alpha value is -1.92. The number of hydrogen-bond acceptors (Lipinski definition) is 5. The van der Waals surface area contributed by atoms with E-state index in [9.17, 15) is 5.11 Å². The predicted molar refractivity (Wildman–Crippen MR) is 79.8 cm³/mol. The predicted octanol–water partition coefficient (Wildman–Crippen LogP) is 1.66. The molecule has 2 aromatic rings. The number of alkyl halides is 1. The van der Waals surface area contributed by atoms with E-state index in [4.69, 9.17) is 21.1 Å². The second-order valence-electron chi connectivity index (χ2n) is 4.67. The van der Waals surface area contributed by atoms with Crippen molar-refractivity contribution < 1.29 is 14.6 Å². The van der Waals surface area contributed by atoms with Crippen LogP contribution in [0.25, 0.3) is 5.69 Å². The van der Waals surface area contributed by atoms with Gasteiger partial charge in [-0.05, 0) is 0 Å². The lowest BCUT2D eigenvalue weighted by molar-refractivity contribution is 0.171. The van der Waals surface area contributed by atoms with Gasteiger partial charge in [0.25, 0.3) is 0 Å². The number of aliphatic hydroxyl groups is 1. The molecule has 0 amide bonds. The third-order valence-electron chi connectivity index (χ3n) is 3.15. The van der Waals surface area contributed by atoms with Gasteiger partial charge in [0, 0.05) is 31.1 Å². The van der Waals surface area contributed by atoms with Gasteiger partial charge in [0.2, 0.25) is 0 Å². The molecular formula is C14H16ClN3O3. The average molecular weight is 310 g/mol. The van der Waals surface area contributed by atoms with Crippen LogP contribution in [0.5, 0.6) is 11.5 Å². The largest absolute Gasteiger partial charge is 0.486 e. The molecule has 0 radical (unpaired) electrons. The Morgan fingerprint density at radius 3 is 2.76 bits per heavy atom. The van der Waals surface area contributed by atoms with Gasteiger partial charge in [0.15, 0.2) is 11.5 Å². The molecule has 1 aliphatic rings. The van der Waals surface area contributed by atoms with Gasteiger partial charge in [-0.15, -0.1) is 11.6 Å². The number of nitrogens with one attached hydrogen (secondary N) is 1. The Kier molecular flexibility index (Phi) is 4.17. The van der Waals surface area contributed by atoms with Gasteiger partial charge in [-0.1, -0.05) is 0 Å². The van der Waals surface area contributed by atoms with Crippen molar-refractivity contribution in [2.75, 3.05) is 31.0 Å². The van der Waals surface area contributed by atoms with E-state index in [2.05, 4.69) is 10.3 Å². The molecule has 0 fully saturated rings. The fraction of sp³-hybridized carbons (Fsp3) is 0.357. The van der Waals surface area contributed by atoms with Gasteiger partial charge in [0.1, 0.15) is 13.2 Å². The Labute approximate surface area is 127 Å². The van der Waals surface area contributed by atoms with Crippen molar-refractivity contribution in [3.05, 3.63) is 30.9 Å². The van der Waals surface area contributed by atoms with Crippen molar-refractivity contribution in [1.82, 2.24) is 9.55 Å². The van der Waals surface area contributed by atoms with E-state index in [0.29, 0.717) is 31.3 Å². The highest BCUT2D eigenvalue weighted by Crippen LogP contribution is 2.37. The normalized spacial score (nSPS) is 14.8. The van der Waals surface area contributed by atoms with E-state index in [1.54, 1.807) is 12.5 Å². The molecule has 1 aromatic carbocycles. The second kappa shape index (κ2) is 6.24. The van der Waals surface area contributed by atoms with Gasteiger partial charge < -0.3 is 24.5 Å². The molecule has 1 unspecified atom stereocenters. The highest BCUT2D eigenvalue weighted by molar-refractivity contribution is 6.18. The fourth-order valence-corrected chi connectivity index (χ4v) is 2.23. The third kappa shape index (κ3) is 3.06. The van der Waals surface area contributed by atoms with Gasteiger partial charge in [-0.25, -0.2) is 4.98 Å². The molecule has 1 aromatic heterocycles. The van der Waals surface area contributed by atoms with E-state index in [0.717, 1.165) is 11.4 Å². The summed E-state index contributed by atoms with van der Waals surface area (Å²) < 4.78 is 13.1. The Morgan fingerprint density at radius 2 is 2.10 bits per heavy atom. The van der Waals surface area contributed by atoms with Crippen LogP contribution < -0.4 is 14.8 Å². The molecule has 0 spiro atoms. The third-order valence-corrected chi connectivity index (χ3v) is 3.51. The smallest absolute Gasteiger partial charge is 0.163 e. The summed E-state index contributed by atoms with van der Waals surface area (Å²) in [5, 5.41) is 12.8. The molecule has 7 heteroatoms. The number of rotatable bonds is 5. The van der Waals surface area contributed by atoms with Crippen molar-refractivity contribution in [1.29, 1.82) is 0 Å². The minimum absolute atomic E-state index is 0.179. The summed E-state index contributed by atoms with van der Waals surface area (Å²) in [5.74, 6) is 1.57. The number of halogens is 1. The molecule has 1 atom stereocenters. The number of fused-ring (bicyclic) bond motifs is 1. The van der Waals surface area contributed by atoms with Crippen molar-refractivity contribution in [3.8, 4) is 17.2 Å². The van der Waals surface area contributed by atoms with E-state index >= 15 is 0 Å². The summed E-state index contributed by atoms with van der Waals surface area (Å²) >= 11 is 5.62. The molecule has 2 heterocycles. The van der Waals surface area contributed by atoms with E-state index in [1.807, 2.05) is 22.9 Å². The number of anilines is 1. The first-order chi connectivity index (χ1) is 10.3. The highest BCUT2D eigenvalue weighted by Gasteiger charge is 2.17. The zero-order valence-corrected chi connectivity index (χ0v) is 12.1. The van der Waals surface area contributed by atoms with Gasteiger partial charge in [-0.3, -0.25) is 0 Å². The summed E-state index contributed by atoms with van der Waals surface area (Å²) in [6.07, 6.45) is 4.63. The molecule has 3 rings (SSSR count). The second-order valence-corrected chi connectivity index (χ2v) is 4.98. The molecule has 112 valence electrons. The van der Waals surface area contributed by atoms with Crippen molar-refractivity contribution in [3.63, 3.8) is 0 Å². The topological polar surface area (TPSA) is 68.5 Å². The summed E-state index contributed by atoms with van der Waals surface area (Å²) in [4.78, 5) is 4.06. The van der Waals surface area contributed by atoms with E-state index < -0.39 is 6.10 Å². The Balaban J connectivity index is 1.95. The van der Waals surface area contributed by atoms with Crippen molar-refractivity contribution in [2.45, 2.75) is 6.10 Å². The fourth-order valence-electron chi connectivity index (χ4n) is 2.12. The number of hydrogen-bond donors (Lipinski definition) is 2. The maximum Gasteiger partial charge on any atom is 0.163 e. The number of nitrogens with zero attached hydrogens (tertiary/aromatic N) is 2. The van der Waals surface area contributed by atoms with Crippen LogP contribution in [0.4, 0.5) is 5.69 Å². The molecule has 21 heavy (non-hydrogen) atoms. The minimum Gasteiger partial charge on any atom is -0.486 e. The van der Waals surface area contributed by atoms with Gasteiger partial charge >= 0.3 is 0 Å². The van der Waals surface area contributed by atoms with Crippen LogP contribution in [0.2, 0.25) is 0 Å². The highest BCUT2D eigenvalue weighted by atomic mass is 35.5. The molecule has 1 aliphatic heterocycles. The first-order valence-corrected chi connectivity index (χ1v) is 7.21. The lowest BCUT2D eigenvalue weighted by Crippen LogP contribution is -2.22. The molecule has 6 nitrogen and oxygen atoms in total. The first kappa shape index (κ1) is 14.0. The first-order valence-electron chi connectivity index (χ1n) is 6.68. The molecule has 0 saturated heterocycles. The van der Waals surface area contributed by atoms with Crippen LogP contribution in [0.1, 0.15) is 0 Å². The average Bonchev–Trinajstić information content (AvgIpc) is 3.05. The van der Waals surface area contributed by atoms with E-state index in [-0.39, 0.29) is 5.88 Å².